The number of hydrogen-bond donors (Lipinski definition) is 0. The molecule has 1 fully saturated rings. The molecular weight excluding hydrogens is 585 g/mol. The van der Waals surface area contributed by atoms with E-state index in [2.05, 4.69) is 157 Å². The Morgan fingerprint density at radius 3 is 2.04 bits per heavy atom. The smallest absolute Gasteiger partial charge is 0.178 e. The van der Waals surface area contributed by atoms with Gasteiger partial charge in [0.15, 0.2) is 5.60 Å². The van der Waals surface area contributed by atoms with Crippen LogP contribution in [0.2, 0.25) is 0 Å². The van der Waals surface area contributed by atoms with E-state index < -0.39 is 5.60 Å². The van der Waals surface area contributed by atoms with Gasteiger partial charge in [0.05, 0.1) is 0 Å². The van der Waals surface area contributed by atoms with Crippen LogP contribution in [0.25, 0.3) is 16.8 Å². The van der Waals surface area contributed by atoms with Crippen molar-refractivity contribution in [2.45, 2.75) is 58.0 Å². The number of fused-ring (bicyclic) bond motifs is 3. The van der Waals surface area contributed by atoms with Crippen LogP contribution in [0.3, 0.4) is 0 Å². The molecule has 0 N–H and O–H groups in total. The van der Waals surface area contributed by atoms with Crippen LogP contribution < -0.4 is 14.5 Å². The van der Waals surface area contributed by atoms with Gasteiger partial charge in [-0.05, 0) is 91.1 Å². The number of nitrogens with zero attached hydrogens (tertiary/aromatic N) is 2. The van der Waals surface area contributed by atoms with Gasteiger partial charge < -0.3 is 14.5 Å². The Kier molecular flexibility index (Phi) is 9.53. The van der Waals surface area contributed by atoms with Crippen LogP contribution >= 0.6 is 0 Å². The van der Waals surface area contributed by atoms with Gasteiger partial charge in [-0.25, -0.2) is 0 Å². The second-order valence-corrected chi connectivity index (χ2v) is 13.2. The van der Waals surface area contributed by atoms with Crippen molar-refractivity contribution in [2.75, 3.05) is 36.0 Å². The Morgan fingerprint density at radius 2 is 1.35 bits per heavy atom. The van der Waals surface area contributed by atoms with Gasteiger partial charge in [-0.2, -0.15) is 0 Å². The molecule has 0 amide bonds. The van der Waals surface area contributed by atoms with E-state index in [9.17, 15) is 0 Å². The third kappa shape index (κ3) is 6.45. The maximum atomic E-state index is 7.19. The molecule has 0 radical (unpaired) electrons. The quantitative estimate of drug-likeness (QED) is 0.143. The summed E-state index contributed by atoms with van der Waals surface area (Å²) in [5.74, 6) is 7.88. The largest absolute Gasteiger partial charge is 0.473 e. The molecule has 242 valence electrons. The minimum atomic E-state index is -0.748. The minimum Gasteiger partial charge on any atom is -0.473 e. The molecule has 3 nitrogen and oxygen atoms in total. The highest BCUT2D eigenvalue weighted by atomic mass is 16.5. The van der Waals surface area contributed by atoms with Crippen LogP contribution in [-0.2, 0) is 5.60 Å². The van der Waals surface area contributed by atoms with E-state index in [0.717, 1.165) is 70.5 Å². The molecule has 7 rings (SSSR count). The van der Waals surface area contributed by atoms with Crippen molar-refractivity contribution >= 4 is 28.2 Å². The molecule has 48 heavy (non-hydrogen) atoms. The highest BCUT2D eigenvalue weighted by molar-refractivity contribution is 5.98. The van der Waals surface area contributed by atoms with Crippen molar-refractivity contribution in [1.82, 2.24) is 0 Å². The maximum Gasteiger partial charge on any atom is 0.178 e. The predicted octanol–water partition coefficient (Wildman–Crippen LogP) is 10.6. The summed E-state index contributed by atoms with van der Waals surface area (Å²) in [5, 5.41) is 2.29. The van der Waals surface area contributed by atoms with Crippen molar-refractivity contribution in [2.24, 2.45) is 0 Å². The summed E-state index contributed by atoms with van der Waals surface area (Å²) in [6.45, 7) is 8.98. The topological polar surface area (TPSA) is 15.7 Å². The molecule has 0 aromatic heterocycles. The Morgan fingerprint density at radius 1 is 0.708 bits per heavy atom. The predicted molar refractivity (Wildman–Crippen MR) is 203 cm³/mol. The second kappa shape index (κ2) is 14.4. The molecule has 2 aliphatic heterocycles. The van der Waals surface area contributed by atoms with Gasteiger partial charge in [0, 0.05) is 65.4 Å². The summed E-state index contributed by atoms with van der Waals surface area (Å²) in [6.07, 6.45) is 11.8. The zero-order chi connectivity index (χ0) is 32.8. The zero-order valence-electron chi connectivity index (χ0n) is 28.4. The van der Waals surface area contributed by atoms with E-state index in [0.29, 0.717) is 0 Å². The molecule has 0 bridgehead atoms. The molecule has 2 aliphatic rings. The average molecular weight is 631 g/mol. The van der Waals surface area contributed by atoms with E-state index in [-0.39, 0.29) is 0 Å². The summed E-state index contributed by atoms with van der Waals surface area (Å²) in [6, 6.07) is 39.1. The van der Waals surface area contributed by atoms with Gasteiger partial charge in [-0.1, -0.05) is 105 Å². The number of hydrogen-bond acceptors (Lipinski definition) is 3. The number of anilines is 2. The summed E-state index contributed by atoms with van der Waals surface area (Å²) >= 11 is 0. The average Bonchev–Trinajstić information content (AvgIpc) is 3.70. The summed E-state index contributed by atoms with van der Waals surface area (Å²) in [4.78, 5) is 5.00. The third-order valence-electron chi connectivity index (χ3n) is 9.91. The van der Waals surface area contributed by atoms with Gasteiger partial charge in [-0.3, -0.25) is 0 Å². The standard InChI is InChI=1S/C45H46N2O/c1-3-5-30-46(31-6-4-2)39-24-19-35(20-25-39)18-21-36-34-44-43(42-17-11-10-16-41(36)42)28-29-45(48-44,37-14-8-7-9-15-37)38-22-26-40(27-23-38)47-32-12-13-33-47/h7-11,14-17,19-20,22-29,34H,3-6,12-13,30-33H2,1-2H3. The van der Waals surface area contributed by atoms with Crippen molar-refractivity contribution in [3.63, 3.8) is 0 Å². The van der Waals surface area contributed by atoms with Crippen LogP contribution in [0.1, 0.15) is 80.2 Å². The van der Waals surface area contributed by atoms with Crippen LogP contribution in [0.15, 0.2) is 115 Å². The van der Waals surface area contributed by atoms with E-state index in [1.54, 1.807) is 0 Å². The van der Waals surface area contributed by atoms with Gasteiger partial charge in [0.2, 0.25) is 0 Å². The lowest BCUT2D eigenvalue weighted by atomic mass is 9.82. The van der Waals surface area contributed by atoms with Crippen molar-refractivity contribution < 1.29 is 4.74 Å². The Balaban J connectivity index is 1.24. The highest BCUT2D eigenvalue weighted by Crippen LogP contribution is 2.45. The van der Waals surface area contributed by atoms with Gasteiger partial charge >= 0.3 is 0 Å². The normalized spacial score (nSPS) is 16.7. The fraction of sp³-hybridized carbons (Fsp3) is 0.289. The molecule has 3 heteroatoms. The molecule has 5 aromatic carbocycles. The lowest BCUT2D eigenvalue weighted by molar-refractivity contribution is 0.161. The molecule has 0 aliphatic carbocycles. The molecule has 0 saturated carbocycles. The molecule has 2 heterocycles. The lowest BCUT2D eigenvalue weighted by Gasteiger charge is -2.37. The summed E-state index contributed by atoms with van der Waals surface area (Å²) in [7, 11) is 0. The van der Waals surface area contributed by atoms with E-state index >= 15 is 0 Å². The molecule has 0 spiro atoms. The number of benzene rings is 5. The number of unbranched alkanes of at least 4 members (excludes halogenated alkanes) is 2. The fourth-order valence-corrected chi connectivity index (χ4v) is 7.16. The van der Waals surface area contributed by atoms with Crippen LogP contribution in [-0.4, -0.2) is 26.2 Å². The second-order valence-electron chi connectivity index (χ2n) is 13.2. The molecule has 1 saturated heterocycles. The van der Waals surface area contributed by atoms with Crippen LogP contribution in [0.4, 0.5) is 11.4 Å². The van der Waals surface area contributed by atoms with Gasteiger partial charge in [0.1, 0.15) is 5.75 Å². The molecule has 1 unspecified atom stereocenters. The molecule has 5 aromatic rings. The molecular formula is C45H46N2O. The first-order chi connectivity index (χ1) is 23.7. The maximum absolute atomic E-state index is 7.19. The van der Waals surface area contributed by atoms with Gasteiger partial charge in [0.25, 0.3) is 0 Å². The minimum absolute atomic E-state index is 0.748. The number of rotatable bonds is 10. The Bertz CT molecular complexity index is 1920. The SMILES string of the molecule is CCCCN(CCCC)c1ccc(C#Cc2cc3c(c4ccccc24)C=CC(c2ccccc2)(c2ccc(N4CCCC4)cc2)O3)cc1. The van der Waals surface area contributed by atoms with E-state index in [4.69, 9.17) is 4.74 Å². The van der Waals surface area contributed by atoms with Crippen molar-refractivity contribution in [1.29, 1.82) is 0 Å². The van der Waals surface area contributed by atoms with E-state index in [1.807, 2.05) is 0 Å². The summed E-state index contributed by atoms with van der Waals surface area (Å²) < 4.78 is 7.19. The highest BCUT2D eigenvalue weighted by Gasteiger charge is 2.37. The van der Waals surface area contributed by atoms with Crippen LogP contribution in [0.5, 0.6) is 5.75 Å². The van der Waals surface area contributed by atoms with Crippen molar-refractivity contribution in [3.05, 3.63) is 143 Å². The molecule has 1 atom stereocenters. The lowest BCUT2D eigenvalue weighted by Crippen LogP contribution is -2.34. The van der Waals surface area contributed by atoms with E-state index in [1.165, 1.54) is 49.9 Å². The fourth-order valence-electron chi connectivity index (χ4n) is 7.16. The van der Waals surface area contributed by atoms with Gasteiger partial charge in [-0.15, -0.1) is 0 Å². The Hall–Kier alpha value is -4.94. The monoisotopic (exact) mass is 630 g/mol. The third-order valence-corrected chi connectivity index (χ3v) is 9.91. The summed E-state index contributed by atoms with van der Waals surface area (Å²) in [5.41, 5.74) is 7.13. The Labute approximate surface area is 286 Å². The van der Waals surface area contributed by atoms with Crippen molar-refractivity contribution in [3.8, 4) is 17.6 Å². The number of ether oxygens (including phenoxy) is 1. The zero-order valence-corrected chi connectivity index (χ0v) is 28.4. The van der Waals surface area contributed by atoms with Crippen LogP contribution in [0, 0.1) is 11.8 Å². The first-order valence-electron chi connectivity index (χ1n) is 17.9. The first kappa shape index (κ1) is 31.6. The first-order valence-corrected chi connectivity index (χ1v) is 17.9.